The Morgan fingerprint density at radius 2 is 0.746 bits per heavy atom. The zero-order valence-electron chi connectivity index (χ0n) is 71.3. The predicted octanol–water partition coefficient (Wildman–Crippen LogP) is 10.2. The summed E-state index contributed by atoms with van der Waals surface area (Å²) in [7, 11) is 0. The smallest absolute Gasteiger partial charge is 0.250 e. The molecule has 20 N–H and O–H groups in total. The van der Waals surface area contributed by atoms with Gasteiger partial charge in [0.05, 0.1) is 113 Å². The standard InChI is InChI=1S/C22H24Cl2N6O2S.C22H24Cl2N6O2.C21H25ClN8O2S.C21H25ClN8O2/c1-12-19(25)22(10-32-12)5-7-29(8-6-22)16-9-13(20(26)31)18(21-27-11-28-30(16)21)33-15-4-2-3-14(23)17(15)24;1-12-19(25)22(10-32-12)5-7-29(8-6-22)16-9-14(20(26)31)17(21-27-11-28-30(16)21)13-3-2-4-15(23)18(13)24;1-11-17(23)21(9-32-11)3-6-29(7-4-21)14-8-12(19(25)31)16(20-28-27-10-30(14)20)33-13-2-5-26-18(24)15(13)22;1-11-17(23)21(9-32-11)3-6-29(7-4-21)14-8-13(19(25)31)15(20-28-27-10-30(14)20)12-2-5-26-18(24)16(12)22/h2-4,9,11-12,19H,5-8,10,25H2,1H3,(H2,26,31);2-4,9,11-12,19H,5-8,10,25H2,1H3,(H2,26,31);2,5,8,10-11,17H,3-4,6-7,9,23H2,1H3,(H2,24,26)(H2,25,31);2,5,8,10-11,17H,3-4,6-7,9,23H2,1H3,(H2,24,26)(H2,25,31)/t2*12-,19+;2*11-,17+/m0000/s1. The van der Waals surface area contributed by atoms with Crippen molar-refractivity contribution in [3.05, 3.63) is 163 Å². The van der Waals surface area contributed by atoms with Gasteiger partial charge in [0.2, 0.25) is 23.6 Å². The van der Waals surface area contributed by atoms with Crippen molar-refractivity contribution in [3.63, 3.8) is 0 Å². The first kappa shape index (κ1) is 91.9. The van der Waals surface area contributed by atoms with Crippen LogP contribution < -0.4 is 76.9 Å². The van der Waals surface area contributed by atoms with Gasteiger partial charge in [0, 0.05) is 143 Å². The number of piperidine rings is 4. The lowest BCUT2D eigenvalue weighted by atomic mass is 9.73. The van der Waals surface area contributed by atoms with Gasteiger partial charge in [-0.2, -0.15) is 19.2 Å². The fourth-order valence-corrected chi connectivity index (χ4v) is 22.9. The van der Waals surface area contributed by atoms with Gasteiger partial charge in [-0.15, -0.1) is 20.4 Å². The molecule has 8 aliphatic heterocycles. The Morgan fingerprint density at radius 1 is 0.400 bits per heavy atom. The zero-order valence-corrected chi connectivity index (χ0v) is 77.5. The molecular weight excluding hydrogens is 1830 g/mol. The molecule has 4 amide bonds. The van der Waals surface area contributed by atoms with Crippen LogP contribution in [0.15, 0.2) is 130 Å². The maximum absolute atomic E-state index is 12.5. The SMILES string of the molecule is C[C@@H]1OCC2(CCN(c3cc(C(N)=O)c(-c4cccc(Cl)c4Cl)c4ncnn34)CC2)[C@@H]1N.C[C@@H]1OCC2(CCN(c3cc(C(N)=O)c(-c4ccnc(N)c4Cl)c4nncn34)CC2)[C@@H]1N.C[C@@H]1OCC2(CCN(c3cc(C(N)=O)c(Sc4cccc(Cl)c4Cl)c4ncnn34)CC2)[C@@H]1N.C[C@@H]1OCC2(CCN(c3cc(C(N)=O)c(Sc4ccnc(N)c4Cl)c4nncn34)CC2)[C@@H]1N. The van der Waals surface area contributed by atoms with E-state index in [0.717, 1.165) is 127 Å². The molecule has 4 spiro atoms. The van der Waals surface area contributed by atoms with Crippen molar-refractivity contribution in [3.8, 4) is 22.3 Å². The zero-order chi connectivity index (χ0) is 91.9. The second-order valence-corrected chi connectivity index (χ2v) is 39.0. The Hall–Kier alpha value is -9.98. The summed E-state index contributed by atoms with van der Waals surface area (Å²) < 4.78 is 30.6. The number of carbonyl (C=O) groups is 4. The van der Waals surface area contributed by atoms with E-state index >= 15 is 0 Å². The van der Waals surface area contributed by atoms with E-state index in [0.29, 0.717) is 138 Å². The van der Waals surface area contributed by atoms with Crippen LogP contribution >= 0.6 is 93.1 Å². The molecule has 0 radical (unpaired) electrons. The number of anilines is 6. The van der Waals surface area contributed by atoms with E-state index in [1.165, 1.54) is 42.4 Å². The van der Waals surface area contributed by atoms with E-state index in [2.05, 4.69) is 70.1 Å². The van der Waals surface area contributed by atoms with Crippen LogP contribution in [-0.2, 0) is 18.9 Å². The highest BCUT2D eigenvalue weighted by Gasteiger charge is 2.52. The number of nitrogens with zero attached hydrogens (tertiary/aromatic N) is 18. The Morgan fingerprint density at radius 3 is 1.19 bits per heavy atom. The number of aromatic nitrogens is 14. The van der Waals surface area contributed by atoms with Gasteiger partial charge in [0.25, 0.3) is 0 Å². The van der Waals surface area contributed by atoms with Crippen LogP contribution in [-0.4, -0.2) is 219 Å². The van der Waals surface area contributed by atoms with Crippen LogP contribution in [0.25, 0.3) is 44.8 Å². The van der Waals surface area contributed by atoms with Crippen LogP contribution in [0.1, 0.15) is 120 Å². The largest absolute Gasteiger partial charge is 0.382 e. The molecule has 0 unspecified atom stereocenters. The number of benzene rings is 2. The molecule has 10 aromatic heterocycles. The average Bonchev–Trinajstić information content (AvgIpc) is 1.06. The summed E-state index contributed by atoms with van der Waals surface area (Å²) in [6.07, 6.45) is 16.7. The molecule has 8 saturated heterocycles. The lowest BCUT2D eigenvalue weighted by Crippen LogP contribution is -2.51. The number of pyridine rings is 6. The first-order valence-electron chi connectivity index (χ1n) is 42.4. The number of fused-ring (bicyclic) bond motifs is 4. The van der Waals surface area contributed by atoms with E-state index in [-0.39, 0.29) is 86.9 Å². The van der Waals surface area contributed by atoms with Crippen molar-refractivity contribution in [2.24, 2.45) is 67.5 Å². The third-order valence-electron chi connectivity index (χ3n) is 27.5. The lowest BCUT2D eigenvalue weighted by Gasteiger charge is -2.42. The van der Waals surface area contributed by atoms with Gasteiger partial charge in [0.15, 0.2) is 22.6 Å². The molecule has 0 aliphatic carbocycles. The second-order valence-electron chi connectivity index (χ2n) is 34.6. The minimum absolute atomic E-state index is 0.0109. The van der Waals surface area contributed by atoms with Gasteiger partial charge in [-0.05, 0) is 134 Å². The summed E-state index contributed by atoms with van der Waals surface area (Å²) in [5.41, 5.74) is 66.2. The Bertz CT molecular complexity index is 6000. The molecule has 18 heterocycles. The van der Waals surface area contributed by atoms with Crippen molar-refractivity contribution < 1.29 is 38.1 Å². The Kier molecular flexibility index (Phi) is 26.1. The number of hydrogen-bond donors (Lipinski definition) is 10. The molecule has 2 aromatic carbocycles. The number of hydrogen-bond acceptors (Lipinski definition) is 30. The molecule has 8 atom stereocenters. The monoisotopic (exact) mass is 1920 g/mol. The third-order valence-corrected chi connectivity index (χ3v) is 32.5. The molecule has 684 valence electrons. The summed E-state index contributed by atoms with van der Waals surface area (Å²) in [5.74, 6) is 1.22. The van der Waals surface area contributed by atoms with Crippen molar-refractivity contribution in [2.75, 3.05) is 110 Å². The molecule has 0 bridgehead atoms. The molecule has 130 heavy (non-hydrogen) atoms. The molecule has 8 fully saturated rings. The van der Waals surface area contributed by atoms with Crippen LogP contribution in [0, 0.1) is 21.7 Å². The van der Waals surface area contributed by atoms with E-state index in [1.54, 1.807) is 94.6 Å². The van der Waals surface area contributed by atoms with Crippen molar-refractivity contribution >= 4 is 174 Å². The molecule has 20 rings (SSSR count). The molecule has 36 nitrogen and oxygen atoms in total. The van der Waals surface area contributed by atoms with Gasteiger partial charge in [0.1, 0.15) is 60.2 Å². The maximum Gasteiger partial charge on any atom is 0.250 e. The number of nitrogen functional groups attached to an aromatic ring is 2. The highest BCUT2D eigenvalue weighted by Crippen LogP contribution is 2.51. The molecule has 0 saturated carbocycles. The molecule has 44 heteroatoms. The van der Waals surface area contributed by atoms with E-state index in [1.807, 2.05) is 42.6 Å². The van der Waals surface area contributed by atoms with Crippen LogP contribution in [0.4, 0.5) is 34.9 Å². The molecular formula is C86H98Cl6N28O8S2. The van der Waals surface area contributed by atoms with Crippen molar-refractivity contribution in [1.29, 1.82) is 0 Å². The Balaban J connectivity index is 0.000000121. The fraction of sp³-hybridized carbons (Fsp3) is 0.419. The Labute approximate surface area is 785 Å². The van der Waals surface area contributed by atoms with E-state index < -0.39 is 23.6 Å². The lowest BCUT2D eigenvalue weighted by molar-refractivity contribution is 0.0972. The summed E-state index contributed by atoms with van der Waals surface area (Å²) in [6.45, 7) is 17.0. The predicted molar refractivity (Wildman–Crippen MR) is 502 cm³/mol. The van der Waals surface area contributed by atoms with Gasteiger partial charge in [-0.1, -0.05) is 111 Å². The summed E-state index contributed by atoms with van der Waals surface area (Å²) in [4.78, 5) is 78.2. The fourth-order valence-electron chi connectivity index (χ4n) is 19.5. The van der Waals surface area contributed by atoms with Gasteiger partial charge in [-0.3, -0.25) is 28.0 Å². The average molecular weight is 1930 g/mol. The normalized spacial score (nSPS) is 22.5. The van der Waals surface area contributed by atoms with Gasteiger partial charge >= 0.3 is 0 Å². The minimum atomic E-state index is -0.591. The third kappa shape index (κ3) is 16.8. The molecule has 8 aliphatic rings. The number of halogens is 6. The van der Waals surface area contributed by atoms with Crippen LogP contribution in [0.2, 0.25) is 30.1 Å². The summed E-state index contributed by atoms with van der Waals surface area (Å²) in [5, 5.41) is 27.7. The van der Waals surface area contributed by atoms with Crippen molar-refractivity contribution in [2.45, 2.75) is 147 Å². The van der Waals surface area contributed by atoms with Gasteiger partial charge in [-0.25, -0.2) is 19.9 Å². The number of nitrogens with two attached hydrogens (primary N) is 10. The number of primary amides is 4. The number of amides is 4. The first-order valence-corrected chi connectivity index (χ1v) is 46.3. The summed E-state index contributed by atoms with van der Waals surface area (Å²) >= 11 is 40.6. The number of ether oxygens (including phenoxy) is 4. The first-order chi connectivity index (χ1) is 62.3. The van der Waals surface area contributed by atoms with E-state index in [4.69, 9.17) is 146 Å². The van der Waals surface area contributed by atoms with Gasteiger partial charge < -0.3 is 95.9 Å². The maximum atomic E-state index is 12.5. The summed E-state index contributed by atoms with van der Waals surface area (Å²) in [6, 6.07) is 21.2. The van der Waals surface area contributed by atoms with Crippen LogP contribution in [0.5, 0.6) is 0 Å². The second kappa shape index (κ2) is 36.9. The topological polar surface area (TPSA) is 525 Å². The number of carbonyl (C=O) groups excluding carboxylic acids is 4. The number of rotatable bonds is 14. The van der Waals surface area contributed by atoms with Crippen molar-refractivity contribution in [1.82, 2.24) is 68.4 Å². The minimum Gasteiger partial charge on any atom is -0.382 e. The van der Waals surface area contributed by atoms with Crippen LogP contribution in [0.3, 0.4) is 0 Å². The molecule has 12 aromatic rings. The highest BCUT2D eigenvalue weighted by atomic mass is 35.5. The highest BCUT2D eigenvalue weighted by molar-refractivity contribution is 8.00. The van der Waals surface area contributed by atoms with E-state index in [9.17, 15) is 19.2 Å². The quantitative estimate of drug-likeness (QED) is 0.0483.